The molecule has 0 aromatic heterocycles. The molecule has 2 aliphatic rings. The Morgan fingerprint density at radius 1 is 1.28 bits per heavy atom. The van der Waals surface area contributed by atoms with E-state index in [0.717, 1.165) is 25.6 Å². The van der Waals surface area contributed by atoms with Crippen LogP contribution in [0.1, 0.15) is 45.4 Å². The SMILES string of the molecule is CC1CCCC(CNCC2CCCO2)(N(C)C)C1. The van der Waals surface area contributed by atoms with Crippen LogP contribution in [0.2, 0.25) is 0 Å². The normalized spacial score (nSPS) is 37.3. The number of rotatable bonds is 5. The van der Waals surface area contributed by atoms with Gasteiger partial charge in [-0.1, -0.05) is 19.8 Å². The lowest BCUT2D eigenvalue weighted by Gasteiger charge is -2.45. The number of nitrogens with one attached hydrogen (secondary N) is 1. The summed E-state index contributed by atoms with van der Waals surface area (Å²) < 4.78 is 5.68. The summed E-state index contributed by atoms with van der Waals surface area (Å²) in [6, 6.07) is 0. The third kappa shape index (κ3) is 3.46. The topological polar surface area (TPSA) is 24.5 Å². The average molecular weight is 254 g/mol. The van der Waals surface area contributed by atoms with Crippen LogP contribution < -0.4 is 5.32 Å². The van der Waals surface area contributed by atoms with Gasteiger partial charge < -0.3 is 15.0 Å². The first-order valence-electron chi connectivity index (χ1n) is 7.62. The van der Waals surface area contributed by atoms with E-state index in [1.807, 2.05) is 0 Å². The molecule has 106 valence electrons. The van der Waals surface area contributed by atoms with Gasteiger partial charge in [0.1, 0.15) is 0 Å². The van der Waals surface area contributed by atoms with Crippen LogP contribution in [0.15, 0.2) is 0 Å². The Kier molecular flexibility index (Phi) is 5.05. The van der Waals surface area contributed by atoms with Crippen molar-refractivity contribution in [2.24, 2.45) is 5.92 Å². The molecule has 1 saturated carbocycles. The zero-order chi connectivity index (χ0) is 13.0. The second-order valence-electron chi connectivity index (χ2n) is 6.59. The van der Waals surface area contributed by atoms with E-state index in [1.54, 1.807) is 0 Å². The minimum absolute atomic E-state index is 0.371. The van der Waals surface area contributed by atoms with Gasteiger partial charge in [0.25, 0.3) is 0 Å². The Morgan fingerprint density at radius 3 is 2.72 bits per heavy atom. The van der Waals surface area contributed by atoms with Gasteiger partial charge in [-0.25, -0.2) is 0 Å². The predicted octanol–water partition coefficient (Wildman–Crippen LogP) is 2.27. The Hall–Kier alpha value is -0.120. The molecular formula is C15H30N2O. The van der Waals surface area contributed by atoms with Gasteiger partial charge in [0.05, 0.1) is 6.10 Å². The molecule has 0 radical (unpaired) electrons. The van der Waals surface area contributed by atoms with Gasteiger partial charge in [-0.2, -0.15) is 0 Å². The number of ether oxygens (including phenoxy) is 1. The summed E-state index contributed by atoms with van der Waals surface area (Å²) >= 11 is 0. The van der Waals surface area contributed by atoms with Gasteiger partial charge in [0.2, 0.25) is 0 Å². The van der Waals surface area contributed by atoms with Crippen molar-refractivity contribution in [2.75, 3.05) is 33.8 Å². The summed E-state index contributed by atoms with van der Waals surface area (Å²) in [6.07, 6.45) is 8.38. The molecule has 1 aliphatic carbocycles. The lowest BCUT2D eigenvalue weighted by molar-refractivity contribution is 0.0653. The lowest BCUT2D eigenvalue weighted by atomic mass is 9.75. The van der Waals surface area contributed by atoms with Gasteiger partial charge >= 0.3 is 0 Å². The van der Waals surface area contributed by atoms with Crippen molar-refractivity contribution in [1.29, 1.82) is 0 Å². The summed E-state index contributed by atoms with van der Waals surface area (Å²) in [5, 5.41) is 3.67. The van der Waals surface area contributed by atoms with Crippen LogP contribution in [0.5, 0.6) is 0 Å². The molecule has 3 heteroatoms. The van der Waals surface area contributed by atoms with Gasteiger partial charge in [-0.15, -0.1) is 0 Å². The highest BCUT2D eigenvalue weighted by Gasteiger charge is 2.36. The molecule has 0 amide bonds. The third-order valence-electron chi connectivity index (χ3n) is 4.87. The predicted molar refractivity (Wildman–Crippen MR) is 75.9 cm³/mol. The van der Waals surface area contributed by atoms with Crippen molar-refractivity contribution < 1.29 is 4.74 Å². The molecule has 18 heavy (non-hydrogen) atoms. The van der Waals surface area contributed by atoms with E-state index in [1.165, 1.54) is 38.5 Å². The molecule has 0 spiro atoms. The molecule has 1 saturated heterocycles. The summed E-state index contributed by atoms with van der Waals surface area (Å²) in [4.78, 5) is 2.45. The standard InChI is InChI=1S/C15H30N2O/c1-13-6-4-8-15(10-13,17(2)3)12-16-11-14-7-5-9-18-14/h13-14,16H,4-12H2,1-3H3. The second kappa shape index (κ2) is 6.36. The van der Waals surface area contributed by atoms with Crippen LogP contribution in [0.25, 0.3) is 0 Å². The minimum Gasteiger partial charge on any atom is -0.377 e. The molecule has 3 atom stereocenters. The first kappa shape index (κ1) is 14.3. The molecule has 2 fully saturated rings. The van der Waals surface area contributed by atoms with E-state index >= 15 is 0 Å². The maximum absolute atomic E-state index is 5.68. The molecular weight excluding hydrogens is 224 g/mol. The van der Waals surface area contributed by atoms with Crippen LogP contribution in [-0.2, 0) is 4.74 Å². The zero-order valence-corrected chi connectivity index (χ0v) is 12.4. The highest BCUT2D eigenvalue weighted by Crippen LogP contribution is 2.35. The van der Waals surface area contributed by atoms with E-state index in [2.05, 4.69) is 31.2 Å². The first-order valence-corrected chi connectivity index (χ1v) is 7.62. The fourth-order valence-electron chi connectivity index (χ4n) is 3.63. The van der Waals surface area contributed by atoms with Gasteiger partial charge in [0.15, 0.2) is 0 Å². The number of hydrogen-bond acceptors (Lipinski definition) is 3. The molecule has 0 aromatic rings. The first-order chi connectivity index (χ1) is 8.62. The largest absolute Gasteiger partial charge is 0.377 e. The molecule has 1 heterocycles. The minimum atomic E-state index is 0.371. The Labute approximate surface area is 112 Å². The van der Waals surface area contributed by atoms with Crippen molar-refractivity contribution in [3.05, 3.63) is 0 Å². The van der Waals surface area contributed by atoms with Crippen LogP contribution in [0.4, 0.5) is 0 Å². The molecule has 0 aromatic carbocycles. The number of hydrogen-bond donors (Lipinski definition) is 1. The molecule has 0 bridgehead atoms. The van der Waals surface area contributed by atoms with Crippen LogP contribution in [0, 0.1) is 5.92 Å². The van der Waals surface area contributed by atoms with Crippen LogP contribution >= 0.6 is 0 Å². The van der Waals surface area contributed by atoms with E-state index in [-0.39, 0.29) is 0 Å². The summed E-state index contributed by atoms with van der Waals surface area (Å²) in [5.74, 6) is 0.866. The lowest BCUT2D eigenvalue weighted by Crippen LogP contribution is -2.54. The van der Waals surface area contributed by atoms with Crippen molar-refractivity contribution in [1.82, 2.24) is 10.2 Å². The van der Waals surface area contributed by atoms with Crippen LogP contribution in [0.3, 0.4) is 0 Å². The van der Waals surface area contributed by atoms with E-state index < -0.39 is 0 Å². The summed E-state index contributed by atoms with van der Waals surface area (Å²) in [6.45, 7) is 5.51. The van der Waals surface area contributed by atoms with Crippen molar-refractivity contribution in [2.45, 2.75) is 57.1 Å². The Balaban J connectivity index is 1.81. The highest BCUT2D eigenvalue weighted by atomic mass is 16.5. The third-order valence-corrected chi connectivity index (χ3v) is 4.87. The maximum Gasteiger partial charge on any atom is 0.0700 e. The molecule has 1 aliphatic heterocycles. The average Bonchev–Trinajstić information content (AvgIpc) is 2.82. The van der Waals surface area contributed by atoms with Crippen molar-refractivity contribution in [3.8, 4) is 0 Å². The van der Waals surface area contributed by atoms with Crippen molar-refractivity contribution in [3.63, 3.8) is 0 Å². The van der Waals surface area contributed by atoms with E-state index in [9.17, 15) is 0 Å². The summed E-state index contributed by atoms with van der Waals surface area (Å²) in [7, 11) is 4.48. The fraction of sp³-hybridized carbons (Fsp3) is 1.00. The summed E-state index contributed by atoms with van der Waals surface area (Å²) in [5.41, 5.74) is 0.371. The number of nitrogens with zero attached hydrogens (tertiary/aromatic N) is 1. The highest BCUT2D eigenvalue weighted by molar-refractivity contribution is 4.94. The zero-order valence-electron chi connectivity index (χ0n) is 12.4. The van der Waals surface area contributed by atoms with E-state index in [0.29, 0.717) is 11.6 Å². The fourth-order valence-corrected chi connectivity index (χ4v) is 3.63. The molecule has 3 unspecified atom stereocenters. The van der Waals surface area contributed by atoms with Gasteiger partial charge in [0, 0.05) is 25.2 Å². The van der Waals surface area contributed by atoms with Crippen molar-refractivity contribution >= 4 is 0 Å². The number of likely N-dealkylation sites (N-methyl/N-ethyl adjacent to an activating group) is 1. The molecule has 3 nitrogen and oxygen atoms in total. The second-order valence-corrected chi connectivity index (χ2v) is 6.59. The smallest absolute Gasteiger partial charge is 0.0700 e. The Morgan fingerprint density at radius 2 is 2.11 bits per heavy atom. The quantitative estimate of drug-likeness (QED) is 0.814. The Bertz CT molecular complexity index is 251. The van der Waals surface area contributed by atoms with Gasteiger partial charge in [-0.05, 0) is 45.7 Å². The monoisotopic (exact) mass is 254 g/mol. The maximum atomic E-state index is 5.68. The van der Waals surface area contributed by atoms with E-state index in [4.69, 9.17) is 4.74 Å². The molecule has 2 rings (SSSR count). The van der Waals surface area contributed by atoms with Crippen LogP contribution in [-0.4, -0.2) is 50.3 Å². The molecule has 1 N–H and O–H groups in total. The van der Waals surface area contributed by atoms with Gasteiger partial charge in [-0.3, -0.25) is 0 Å².